The van der Waals surface area contributed by atoms with Crippen LogP contribution in [-0.2, 0) is 0 Å². The van der Waals surface area contributed by atoms with Crippen LogP contribution in [-0.4, -0.2) is 23.1 Å². The van der Waals surface area contributed by atoms with Gasteiger partial charge in [-0.05, 0) is 30.5 Å². The number of nitriles is 1. The van der Waals surface area contributed by atoms with Crippen molar-refractivity contribution < 1.29 is 0 Å². The first-order valence-electron chi connectivity index (χ1n) is 10.3. The summed E-state index contributed by atoms with van der Waals surface area (Å²) < 4.78 is 0. The molecule has 2 N–H and O–H groups in total. The van der Waals surface area contributed by atoms with Gasteiger partial charge in [-0.3, -0.25) is 0 Å². The quantitative estimate of drug-likeness (QED) is 0.457. The van der Waals surface area contributed by atoms with Gasteiger partial charge in [-0.15, -0.1) is 0 Å². The Hall–Kier alpha value is -3.62. The smallest absolute Gasteiger partial charge is 0.151 e. The highest BCUT2D eigenvalue weighted by atomic mass is 35.5. The molecule has 31 heavy (non-hydrogen) atoms. The Kier molecular flexibility index (Phi) is 4.93. The highest BCUT2D eigenvalue weighted by molar-refractivity contribution is 6.34. The fraction of sp³-hybridized carbons (Fsp3) is 0.160. The summed E-state index contributed by atoms with van der Waals surface area (Å²) in [4.78, 5) is 11.7. The SMILES string of the molecule is N#Cc1c(N2CCCC2)nc(N)c2c(-c3ccccc3Cl)cc(-c3ccccc3)nc12. The van der Waals surface area contributed by atoms with Crippen molar-refractivity contribution in [3.63, 3.8) is 0 Å². The maximum absolute atomic E-state index is 10.1. The third-order valence-electron chi connectivity index (χ3n) is 5.71. The van der Waals surface area contributed by atoms with Gasteiger partial charge in [0.2, 0.25) is 0 Å². The second-order valence-corrected chi connectivity index (χ2v) is 8.03. The maximum atomic E-state index is 10.1. The Labute approximate surface area is 185 Å². The van der Waals surface area contributed by atoms with E-state index in [0.717, 1.165) is 48.3 Å². The normalized spacial score (nSPS) is 13.5. The van der Waals surface area contributed by atoms with E-state index in [-0.39, 0.29) is 0 Å². The van der Waals surface area contributed by atoms with Gasteiger partial charge in [0.1, 0.15) is 17.5 Å². The number of benzene rings is 2. The van der Waals surface area contributed by atoms with Crippen molar-refractivity contribution in [2.75, 3.05) is 23.7 Å². The highest BCUT2D eigenvalue weighted by Gasteiger charge is 2.24. The number of nitrogen functional groups attached to an aromatic ring is 1. The number of anilines is 2. The molecule has 0 amide bonds. The molecule has 6 heteroatoms. The average Bonchev–Trinajstić information content (AvgIpc) is 3.34. The van der Waals surface area contributed by atoms with Crippen LogP contribution >= 0.6 is 11.6 Å². The minimum absolute atomic E-state index is 0.359. The number of hydrogen-bond acceptors (Lipinski definition) is 5. The third kappa shape index (κ3) is 3.35. The second-order valence-electron chi connectivity index (χ2n) is 7.63. The van der Waals surface area contributed by atoms with Gasteiger partial charge >= 0.3 is 0 Å². The monoisotopic (exact) mass is 425 g/mol. The lowest BCUT2D eigenvalue weighted by Gasteiger charge is -2.21. The zero-order valence-electron chi connectivity index (χ0n) is 16.8. The van der Waals surface area contributed by atoms with Gasteiger partial charge in [0.05, 0.1) is 16.6 Å². The summed E-state index contributed by atoms with van der Waals surface area (Å²) in [6, 6.07) is 21.9. The van der Waals surface area contributed by atoms with Crippen LogP contribution in [0.3, 0.4) is 0 Å². The molecule has 1 saturated heterocycles. The summed E-state index contributed by atoms with van der Waals surface area (Å²) in [5.74, 6) is 0.978. The summed E-state index contributed by atoms with van der Waals surface area (Å²) in [5.41, 5.74) is 10.9. The lowest BCUT2D eigenvalue weighted by atomic mass is 9.97. The zero-order valence-corrected chi connectivity index (χ0v) is 17.6. The van der Waals surface area contributed by atoms with E-state index >= 15 is 0 Å². The maximum Gasteiger partial charge on any atom is 0.151 e. The van der Waals surface area contributed by atoms with Crippen LogP contribution in [0.1, 0.15) is 18.4 Å². The topological polar surface area (TPSA) is 78.8 Å². The largest absolute Gasteiger partial charge is 0.383 e. The van der Waals surface area contributed by atoms with Crippen molar-refractivity contribution in [1.29, 1.82) is 5.26 Å². The van der Waals surface area contributed by atoms with Crippen LogP contribution in [0, 0.1) is 11.3 Å². The Bertz CT molecular complexity index is 1320. The molecule has 152 valence electrons. The van der Waals surface area contributed by atoms with Gasteiger partial charge < -0.3 is 10.6 Å². The molecule has 0 spiro atoms. The molecule has 5 rings (SSSR count). The van der Waals surface area contributed by atoms with E-state index in [1.54, 1.807) is 0 Å². The van der Waals surface area contributed by atoms with Gasteiger partial charge in [0.15, 0.2) is 5.82 Å². The number of rotatable bonds is 3. The number of aromatic nitrogens is 2. The molecule has 4 aromatic rings. The first-order chi connectivity index (χ1) is 15.2. The molecule has 2 aromatic heterocycles. The number of nitrogens with zero attached hydrogens (tertiary/aromatic N) is 4. The van der Waals surface area contributed by atoms with Crippen molar-refractivity contribution in [3.05, 3.63) is 71.2 Å². The van der Waals surface area contributed by atoms with Crippen molar-refractivity contribution in [2.45, 2.75) is 12.8 Å². The fourth-order valence-electron chi connectivity index (χ4n) is 4.23. The average molecular weight is 426 g/mol. The number of hydrogen-bond donors (Lipinski definition) is 1. The van der Waals surface area contributed by atoms with E-state index in [2.05, 4.69) is 16.0 Å². The summed E-state index contributed by atoms with van der Waals surface area (Å²) in [5, 5.41) is 11.4. The Balaban J connectivity index is 1.89. The number of halogens is 1. The van der Waals surface area contributed by atoms with Crippen molar-refractivity contribution in [3.8, 4) is 28.5 Å². The summed E-state index contributed by atoms with van der Waals surface area (Å²) in [6.07, 6.45) is 2.15. The zero-order chi connectivity index (χ0) is 21.4. The molecule has 0 aliphatic carbocycles. The van der Waals surface area contributed by atoms with Gasteiger partial charge in [-0.1, -0.05) is 60.1 Å². The van der Waals surface area contributed by atoms with Crippen molar-refractivity contribution in [2.24, 2.45) is 0 Å². The van der Waals surface area contributed by atoms with Crippen LogP contribution < -0.4 is 10.6 Å². The van der Waals surface area contributed by atoms with E-state index in [9.17, 15) is 5.26 Å². The molecule has 0 radical (unpaired) electrons. The predicted molar refractivity (Wildman–Crippen MR) is 126 cm³/mol. The first-order valence-corrected chi connectivity index (χ1v) is 10.6. The molecule has 0 bridgehead atoms. The molecular weight excluding hydrogens is 406 g/mol. The fourth-order valence-corrected chi connectivity index (χ4v) is 4.46. The minimum atomic E-state index is 0.359. The van der Waals surface area contributed by atoms with E-state index < -0.39 is 0 Å². The van der Waals surface area contributed by atoms with Gasteiger partial charge in [0, 0.05) is 29.2 Å². The summed E-state index contributed by atoms with van der Waals surface area (Å²) in [7, 11) is 0. The van der Waals surface area contributed by atoms with Crippen molar-refractivity contribution >= 4 is 34.1 Å². The van der Waals surface area contributed by atoms with E-state index in [0.29, 0.717) is 33.1 Å². The molecular formula is C25H20ClN5. The van der Waals surface area contributed by atoms with Gasteiger partial charge in [-0.2, -0.15) is 5.26 Å². The lowest BCUT2D eigenvalue weighted by Crippen LogP contribution is -2.21. The number of pyridine rings is 2. The third-order valence-corrected chi connectivity index (χ3v) is 6.04. The van der Waals surface area contributed by atoms with Crippen LogP contribution in [0.15, 0.2) is 60.7 Å². The molecule has 0 unspecified atom stereocenters. The van der Waals surface area contributed by atoms with E-state index in [4.69, 9.17) is 22.3 Å². The Morgan fingerprint density at radius 3 is 2.35 bits per heavy atom. The molecule has 0 atom stereocenters. The summed E-state index contributed by atoms with van der Waals surface area (Å²) >= 11 is 6.56. The van der Waals surface area contributed by atoms with Crippen molar-refractivity contribution in [1.82, 2.24) is 9.97 Å². The molecule has 1 fully saturated rings. The second kappa shape index (κ2) is 7.90. The lowest BCUT2D eigenvalue weighted by molar-refractivity contribution is 0.938. The number of nitrogens with two attached hydrogens (primary N) is 1. The van der Waals surface area contributed by atoms with Crippen LogP contribution in [0.2, 0.25) is 5.02 Å². The van der Waals surface area contributed by atoms with E-state index in [1.165, 1.54) is 0 Å². The Morgan fingerprint density at radius 1 is 0.935 bits per heavy atom. The molecule has 3 heterocycles. The molecule has 5 nitrogen and oxygen atoms in total. The summed E-state index contributed by atoms with van der Waals surface area (Å²) in [6.45, 7) is 1.73. The van der Waals surface area contributed by atoms with Gasteiger partial charge in [0.25, 0.3) is 0 Å². The van der Waals surface area contributed by atoms with Gasteiger partial charge in [-0.25, -0.2) is 9.97 Å². The molecule has 2 aromatic carbocycles. The minimum Gasteiger partial charge on any atom is -0.383 e. The van der Waals surface area contributed by atoms with Crippen LogP contribution in [0.4, 0.5) is 11.6 Å². The number of fused-ring (bicyclic) bond motifs is 1. The van der Waals surface area contributed by atoms with E-state index in [1.807, 2.05) is 60.7 Å². The molecule has 1 aliphatic rings. The molecule has 1 aliphatic heterocycles. The van der Waals surface area contributed by atoms with Crippen LogP contribution in [0.5, 0.6) is 0 Å². The Morgan fingerprint density at radius 2 is 1.65 bits per heavy atom. The molecule has 0 saturated carbocycles. The standard InChI is InChI=1S/C25H20ClN5/c26-20-11-5-4-10-17(20)18-14-21(16-8-2-1-3-9-16)29-23-19(15-27)25(30-24(28)22(18)23)31-12-6-7-13-31/h1-5,8-11,14H,6-7,12-13H2,(H2,28,30). The predicted octanol–water partition coefficient (Wildman–Crippen LogP) is 5.67. The van der Waals surface area contributed by atoms with Crippen LogP contribution in [0.25, 0.3) is 33.3 Å². The first kappa shape index (κ1) is 19.3. The highest BCUT2D eigenvalue weighted by Crippen LogP contribution is 2.40.